The Morgan fingerprint density at radius 2 is 1.90 bits per heavy atom. The van der Waals surface area contributed by atoms with Crippen molar-refractivity contribution in [2.75, 3.05) is 26.7 Å². The van der Waals surface area contributed by atoms with E-state index >= 15 is 0 Å². The second kappa shape index (κ2) is 10.1. The maximum absolute atomic E-state index is 12.5. The molecular formula is C18H18BrF3N2O4S. The van der Waals surface area contributed by atoms with Crippen molar-refractivity contribution in [1.29, 1.82) is 0 Å². The van der Waals surface area contributed by atoms with Crippen LogP contribution in [0.15, 0.2) is 40.2 Å². The number of likely N-dealkylation sites (N-methyl/N-ethyl adjacent to an activating group) is 1. The Balaban J connectivity index is 1.72. The van der Waals surface area contributed by atoms with Crippen LogP contribution in [0.3, 0.4) is 0 Å². The van der Waals surface area contributed by atoms with Gasteiger partial charge in [0.15, 0.2) is 0 Å². The lowest BCUT2D eigenvalue weighted by Crippen LogP contribution is -2.42. The van der Waals surface area contributed by atoms with Crippen LogP contribution in [0.2, 0.25) is 0 Å². The number of hydrogen-bond donors (Lipinski definition) is 2. The third-order valence-electron chi connectivity index (χ3n) is 3.67. The zero-order valence-electron chi connectivity index (χ0n) is 15.2. The molecular weight excluding hydrogens is 477 g/mol. The normalized spacial score (nSPS) is 12.3. The lowest BCUT2D eigenvalue weighted by atomic mass is 10.2. The van der Waals surface area contributed by atoms with Gasteiger partial charge in [0.1, 0.15) is 18.5 Å². The number of ether oxygens (including phenoxy) is 1. The molecule has 0 bridgehead atoms. The van der Waals surface area contributed by atoms with Gasteiger partial charge in [0, 0.05) is 13.6 Å². The van der Waals surface area contributed by atoms with Gasteiger partial charge in [-0.05, 0) is 52.3 Å². The van der Waals surface area contributed by atoms with Crippen molar-refractivity contribution < 1.29 is 32.6 Å². The number of thiophene rings is 1. The molecule has 158 valence electrons. The monoisotopic (exact) mass is 494 g/mol. The molecule has 29 heavy (non-hydrogen) atoms. The van der Waals surface area contributed by atoms with Crippen LogP contribution in [0, 0.1) is 0 Å². The van der Waals surface area contributed by atoms with Crippen LogP contribution in [0.5, 0.6) is 5.75 Å². The first-order valence-corrected chi connectivity index (χ1v) is 9.93. The molecule has 0 aliphatic carbocycles. The summed E-state index contributed by atoms with van der Waals surface area (Å²) in [6, 6.07) is 7.44. The molecule has 0 fully saturated rings. The molecule has 2 aromatic rings. The van der Waals surface area contributed by atoms with E-state index in [1.54, 1.807) is 12.1 Å². The Morgan fingerprint density at radius 1 is 1.24 bits per heavy atom. The number of halogens is 4. The van der Waals surface area contributed by atoms with Crippen LogP contribution in [-0.2, 0) is 11.0 Å². The van der Waals surface area contributed by atoms with Crippen molar-refractivity contribution in [2.45, 2.75) is 12.3 Å². The minimum atomic E-state index is -4.43. The zero-order chi connectivity index (χ0) is 21.6. The largest absolute Gasteiger partial charge is 0.491 e. The molecule has 1 aromatic heterocycles. The maximum Gasteiger partial charge on any atom is 0.416 e. The third kappa shape index (κ3) is 7.33. The summed E-state index contributed by atoms with van der Waals surface area (Å²) in [5, 5.41) is 12.3. The van der Waals surface area contributed by atoms with Crippen LogP contribution in [-0.4, -0.2) is 54.7 Å². The first kappa shape index (κ1) is 23.2. The molecule has 0 spiro atoms. The van der Waals surface area contributed by atoms with Gasteiger partial charge >= 0.3 is 6.18 Å². The molecule has 1 atom stereocenters. The Bertz CT molecular complexity index is 842. The number of carbonyl (C=O) groups is 2. The molecule has 6 nitrogen and oxygen atoms in total. The van der Waals surface area contributed by atoms with Gasteiger partial charge in [0.05, 0.1) is 20.8 Å². The number of hydrogen-bond acceptors (Lipinski definition) is 5. The minimum absolute atomic E-state index is 0.133. The van der Waals surface area contributed by atoms with Crippen LogP contribution >= 0.6 is 27.3 Å². The number of aliphatic hydroxyl groups is 1. The smallest absolute Gasteiger partial charge is 0.416 e. The zero-order valence-corrected chi connectivity index (χ0v) is 17.6. The van der Waals surface area contributed by atoms with Crippen molar-refractivity contribution in [2.24, 2.45) is 0 Å². The predicted molar refractivity (Wildman–Crippen MR) is 105 cm³/mol. The number of benzene rings is 1. The number of carbonyl (C=O) groups excluding carboxylic acids is 2. The number of nitrogens with one attached hydrogen (secondary N) is 1. The highest BCUT2D eigenvalue weighted by molar-refractivity contribution is 9.11. The molecule has 0 saturated heterocycles. The van der Waals surface area contributed by atoms with Gasteiger partial charge in [-0.2, -0.15) is 13.2 Å². The minimum Gasteiger partial charge on any atom is -0.491 e. The second-order valence-corrected chi connectivity index (χ2v) is 8.52. The van der Waals surface area contributed by atoms with Crippen molar-refractivity contribution >= 4 is 39.1 Å². The summed E-state index contributed by atoms with van der Waals surface area (Å²) in [7, 11) is 1.49. The Labute approximate surface area is 177 Å². The van der Waals surface area contributed by atoms with Crippen molar-refractivity contribution in [1.82, 2.24) is 10.2 Å². The summed E-state index contributed by atoms with van der Waals surface area (Å²) in [6.07, 6.45) is -5.51. The Kier molecular flexibility index (Phi) is 8.05. The highest BCUT2D eigenvalue weighted by atomic mass is 79.9. The maximum atomic E-state index is 12.5. The van der Waals surface area contributed by atoms with E-state index < -0.39 is 23.8 Å². The molecule has 1 aromatic carbocycles. The van der Waals surface area contributed by atoms with E-state index in [1.807, 2.05) is 0 Å². The fourth-order valence-corrected chi connectivity index (χ4v) is 3.56. The molecule has 11 heteroatoms. The molecule has 2 rings (SSSR count). The van der Waals surface area contributed by atoms with E-state index in [1.165, 1.54) is 23.3 Å². The van der Waals surface area contributed by atoms with Gasteiger partial charge < -0.3 is 20.1 Å². The molecule has 0 aliphatic heterocycles. The third-order valence-corrected chi connectivity index (χ3v) is 5.28. The number of amides is 2. The van der Waals surface area contributed by atoms with Crippen LogP contribution in [0.1, 0.15) is 15.2 Å². The van der Waals surface area contributed by atoms with Crippen LogP contribution in [0.4, 0.5) is 13.2 Å². The summed E-state index contributed by atoms with van der Waals surface area (Å²) < 4.78 is 43.5. The van der Waals surface area contributed by atoms with E-state index in [2.05, 4.69) is 21.2 Å². The fraction of sp³-hybridized carbons (Fsp3) is 0.333. The summed E-state index contributed by atoms with van der Waals surface area (Å²) in [6.45, 7) is -0.545. The van der Waals surface area contributed by atoms with Gasteiger partial charge in [-0.25, -0.2) is 0 Å². The Morgan fingerprint density at radius 3 is 2.45 bits per heavy atom. The van der Waals surface area contributed by atoms with Gasteiger partial charge in [-0.1, -0.05) is 0 Å². The van der Waals surface area contributed by atoms with Gasteiger partial charge in [0.2, 0.25) is 5.91 Å². The van der Waals surface area contributed by atoms with Crippen molar-refractivity contribution in [3.63, 3.8) is 0 Å². The van der Waals surface area contributed by atoms with E-state index in [4.69, 9.17) is 4.74 Å². The lowest BCUT2D eigenvalue weighted by molar-refractivity contribution is -0.137. The Hall–Kier alpha value is -2.11. The first-order chi connectivity index (χ1) is 13.6. The molecule has 0 radical (unpaired) electrons. The number of alkyl halides is 3. The summed E-state index contributed by atoms with van der Waals surface area (Å²) in [5.74, 6) is -0.608. The van der Waals surface area contributed by atoms with Gasteiger partial charge in [-0.15, -0.1) is 11.3 Å². The average molecular weight is 495 g/mol. The quantitative estimate of drug-likeness (QED) is 0.590. The molecule has 1 unspecified atom stereocenters. The van der Waals surface area contributed by atoms with E-state index in [9.17, 15) is 27.9 Å². The summed E-state index contributed by atoms with van der Waals surface area (Å²) in [4.78, 5) is 25.8. The molecule has 0 saturated carbocycles. The highest BCUT2D eigenvalue weighted by Crippen LogP contribution is 2.30. The lowest BCUT2D eigenvalue weighted by Gasteiger charge is -2.17. The number of rotatable bonds is 8. The molecule has 0 aliphatic rings. The van der Waals surface area contributed by atoms with E-state index in [-0.39, 0.29) is 31.4 Å². The second-order valence-electron chi connectivity index (χ2n) is 6.06. The molecule has 1 heterocycles. The van der Waals surface area contributed by atoms with E-state index in [0.717, 1.165) is 28.1 Å². The SMILES string of the molecule is CN(CC(=O)NCC(O)COc1ccc(C(F)(F)F)cc1)C(=O)c1ccc(Br)s1. The number of nitrogens with zero attached hydrogens (tertiary/aromatic N) is 1. The van der Waals surface area contributed by atoms with Gasteiger partial charge in [0.25, 0.3) is 5.91 Å². The predicted octanol–water partition coefficient (Wildman–Crippen LogP) is 3.16. The topological polar surface area (TPSA) is 78.9 Å². The average Bonchev–Trinajstić information content (AvgIpc) is 3.10. The summed E-state index contributed by atoms with van der Waals surface area (Å²) >= 11 is 4.51. The van der Waals surface area contributed by atoms with Crippen molar-refractivity contribution in [3.05, 3.63) is 50.6 Å². The highest BCUT2D eigenvalue weighted by Gasteiger charge is 2.30. The van der Waals surface area contributed by atoms with Gasteiger partial charge in [-0.3, -0.25) is 9.59 Å². The fourth-order valence-electron chi connectivity index (χ4n) is 2.18. The molecule has 2 N–H and O–H groups in total. The van der Waals surface area contributed by atoms with E-state index in [0.29, 0.717) is 4.88 Å². The number of aliphatic hydroxyl groups excluding tert-OH is 1. The van der Waals surface area contributed by atoms with Crippen LogP contribution < -0.4 is 10.1 Å². The first-order valence-electron chi connectivity index (χ1n) is 8.32. The standard InChI is InChI=1S/C18H18BrF3N2O4S/c1-24(17(27)14-6-7-15(19)29-14)9-16(26)23-8-12(25)10-28-13-4-2-11(3-5-13)18(20,21)22/h2-7,12,25H,8-10H2,1H3,(H,23,26). The van der Waals surface area contributed by atoms with Crippen LogP contribution in [0.25, 0.3) is 0 Å². The summed E-state index contributed by atoms with van der Waals surface area (Å²) in [5.41, 5.74) is -0.800. The van der Waals surface area contributed by atoms with Crippen molar-refractivity contribution in [3.8, 4) is 5.75 Å². The molecule has 2 amide bonds.